The van der Waals surface area contributed by atoms with Gasteiger partial charge in [-0.1, -0.05) is 59.7 Å². The van der Waals surface area contributed by atoms with Gasteiger partial charge in [-0.3, -0.25) is 4.79 Å². The number of unbranched alkanes of at least 4 members (excludes halogenated alkanes) is 1. The summed E-state index contributed by atoms with van der Waals surface area (Å²) in [5.41, 5.74) is 0. The molecule has 1 atom stereocenters. The highest BCUT2D eigenvalue weighted by Gasteiger charge is 2.16. The van der Waals surface area contributed by atoms with Crippen molar-refractivity contribution in [3.05, 3.63) is 32.7 Å². The molecule has 1 aromatic carbocycles. The summed E-state index contributed by atoms with van der Waals surface area (Å²) in [6.07, 6.45) is 4.14. The number of hydrogen-bond donors (Lipinski definition) is 0. The van der Waals surface area contributed by atoms with Gasteiger partial charge >= 0.3 is 0 Å². The summed E-state index contributed by atoms with van der Waals surface area (Å²) in [7, 11) is 0. The Labute approximate surface area is 150 Å². The fourth-order valence-corrected chi connectivity index (χ4v) is 2.33. The molecule has 0 N–H and O–H groups in total. The highest BCUT2D eigenvalue weighted by molar-refractivity contribution is 6.55. The van der Waals surface area contributed by atoms with Crippen molar-refractivity contribution in [2.45, 2.75) is 32.3 Å². The zero-order chi connectivity index (χ0) is 16.5. The third kappa shape index (κ3) is 6.66. The summed E-state index contributed by atoms with van der Waals surface area (Å²) in [5.74, 6) is 0.721. The van der Waals surface area contributed by atoms with Crippen molar-refractivity contribution >= 4 is 52.7 Å². The minimum atomic E-state index is -0.570. The first-order valence-electron chi connectivity index (χ1n) is 6.72. The lowest BCUT2D eigenvalue weighted by Gasteiger charge is -2.16. The van der Waals surface area contributed by atoms with Gasteiger partial charge in [0, 0.05) is 12.1 Å². The molecule has 0 aromatic heterocycles. The van der Waals surface area contributed by atoms with Crippen molar-refractivity contribution in [3.63, 3.8) is 0 Å². The van der Waals surface area contributed by atoms with Crippen LogP contribution in [0.25, 0.3) is 0 Å². The second-order valence-electron chi connectivity index (χ2n) is 4.46. The van der Waals surface area contributed by atoms with Crippen molar-refractivity contribution in [1.82, 2.24) is 0 Å². The van der Waals surface area contributed by atoms with Crippen molar-refractivity contribution in [3.8, 4) is 11.5 Å². The van der Waals surface area contributed by atoms with Gasteiger partial charge in [0.05, 0.1) is 10.0 Å². The smallest absolute Gasteiger partial charge is 0.160 e. The van der Waals surface area contributed by atoms with Gasteiger partial charge in [0.1, 0.15) is 16.8 Å². The van der Waals surface area contributed by atoms with Crippen molar-refractivity contribution in [2.24, 2.45) is 0 Å². The summed E-state index contributed by atoms with van der Waals surface area (Å²) in [6.45, 7) is 2.22. The third-order valence-electron chi connectivity index (χ3n) is 2.72. The predicted octanol–water partition coefficient (Wildman–Crippen LogP) is 5.83. The van der Waals surface area contributed by atoms with Gasteiger partial charge in [-0.2, -0.15) is 0 Å². The Morgan fingerprint density at radius 2 is 1.91 bits per heavy atom. The Kier molecular flexibility index (Phi) is 9.03. The molecule has 0 saturated carbocycles. The molecule has 0 heterocycles. The Bertz CT molecular complexity index is 505. The number of rotatable bonds is 9. The van der Waals surface area contributed by atoms with Crippen LogP contribution in [0.2, 0.25) is 10.0 Å². The molecular weight excluding hydrogens is 370 g/mol. The van der Waals surface area contributed by atoms with E-state index in [0.717, 1.165) is 19.1 Å². The summed E-state index contributed by atoms with van der Waals surface area (Å²) in [6, 6.07) is 3.11. The SMILES string of the molecule is CCCCC(C=O)Oc1c(Cl)cc(OCC=C(Cl)Cl)cc1Cl. The van der Waals surface area contributed by atoms with E-state index in [1.807, 2.05) is 6.92 Å². The van der Waals surface area contributed by atoms with Crippen LogP contribution in [0.3, 0.4) is 0 Å². The Balaban J connectivity index is 2.80. The lowest BCUT2D eigenvalue weighted by atomic mass is 10.2. The van der Waals surface area contributed by atoms with Crippen molar-refractivity contribution in [2.75, 3.05) is 6.61 Å². The molecule has 1 unspecified atom stereocenters. The number of benzene rings is 1. The fourth-order valence-electron chi connectivity index (χ4n) is 1.64. The van der Waals surface area contributed by atoms with Gasteiger partial charge in [0.15, 0.2) is 18.1 Å². The molecule has 0 radical (unpaired) electrons. The first kappa shape index (κ1) is 19.4. The number of carbonyl (C=O) groups is 1. The van der Waals surface area contributed by atoms with Crippen LogP contribution in [0.4, 0.5) is 0 Å². The molecule has 0 amide bonds. The van der Waals surface area contributed by atoms with Crippen LogP contribution < -0.4 is 9.47 Å². The molecule has 1 rings (SSSR count). The molecule has 3 nitrogen and oxygen atoms in total. The Hall–Kier alpha value is -0.610. The summed E-state index contributed by atoms with van der Waals surface area (Å²) < 4.78 is 11.1. The normalized spacial score (nSPS) is 11.7. The van der Waals surface area contributed by atoms with E-state index in [1.165, 1.54) is 6.08 Å². The minimum Gasteiger partial charge on any atom is -0.489 e. The van der Waals surface area contributed by atoms with Gasteiger partial charge in [0.2, 0.25) is 0 Å². The molecule has 0 aliphatic carbocycles. The van der Waals surface area contributed by atoms with Gasteiger partial charge in [-0.25, -0.2) is 0 Å². The van der Waals surface area contributed by atoms with Gasteiger partial charge in [0.25, 0.3) is 0 Å². The van der Waals surface area contributed by atoms with E-state index in [-0.39, 0.29) is 26.9 Å². The first-order chi connectivity index (χ1) is 10.5. The lowest BCUT2D eigenvalue weighted by molar-refractivity contribution is -0.114. The summed E-state index contributed by atoms with van der Waals surface area (Å²) in [5, 5.41) is 0.540. The average Bonchev–Trinajstić information content (AvgIpc) is 2.45. The molecule has 0 aliphatic rings. The molecule has 0 fully saturated rings. The molecule has 7 heteroatoms. The maximum Gasteiger partial charge on any atom is 0.160 e. The number of hydrogen-bond acceptors (Lipinski definition) is 3. The fraction of sp³-hybridized carbons (Fsp3) is 0.400. The molecule has 122 valence electrons. The van der Waals surface area contributed by atoms with Crippen LogP contribution in [0, 0.1) is 0 Å². The van der Waals surface area contributed by atoms with Crippen LogP contribution in [0.5, 0.6) is 11.5 Å². The van der Waals surface area contributed by atoms with Crippen LogP contribution >= 0.6 is 46.4 Å². The molecule has 0 bridgehead atoms. The third-order valence-corrected chi connectivity index (χ3v) is 3.59. The molecule has 0 aliphatic heterocycles. The van der Waals surface area contributed by atoms with E-state index in [9.17, 15) is 4.79 Å². The van der Waals surface area contributed by atoms with E-state index in [1.54, 1.807) is 12.1 Å². The quantitative estimate of drug-likeness (QED) is 0.501. The van der Waals surface area contributed by atoms with Crippen LogP contribution in [0.15, 0.2) is 22.7 Å². The predicted molar refractivity (Wildman–Crippen MR) is 91.8 cm³/mol. The zero-order valence-corrected chi connectivity index (χ0v) is 15.0. The van der Waals surface area contributed by atoms with Crippen molar-refractivity contribution in [1.29, 1.82) is 0 Å². The van der Waals surface area contributed by atoms with Crippen LogP contribution in [0.1, 0.15) is 26.2 Å². The summed E-state index contributed by atoms with van der Waals surface area (Å²) in [4.78, 5) is 11.0. The van der Waals surface area contributed by atoms with E-state index in [0.29, 0.717) is 12.2 Å². The van der Waals surface area contributed by atoms with E-state index in [4.69, 9.17) is 55.9 Å². The monoisotopic (exact) mass is 384 g/mol. The minimum absolute atomic E-state index is 0.113. The summed E-state index contributed by atoms with van der Waals surface area (Å²) >= 11 is 23.3. The molecule has 0 spiro atoms. The topological polar surface area (TPSA) is 35.5 Å². The lowest BCUT2D eigenvalue weighted by Crippen LogP contribution is -2.18. The maximum atomic E-state index is 11.0. The van der Waals surface area contributed by atoms with Gasteiger partial charge in [-0.15, -0.1) is 0 Å². The van der Waals surface area contributed by atoms with Gasteiger partial charge in [-0.05, 0) is 18.9 Å². The zero-order valence-electron chi connectivity index (χ0n) is 12.0. The molecule has 0 saturated heterocycles. The van der Waals surface area contributed by atoms with Crippen LogP contribution in [-0.4, -0.2) is 19.0 Å². The highest BCUT2D eigenvalue weighted by atomic mass is 35.5. The van der Waals surface area contributed by atoms with E-state index >= 15 is 0 Å². The molecule has 1 aromatic rings. The largest absolute Gasteiger partial charge is 0.489 e. The van der Waals surface area contributed by atoms with Gasteiger partial charge < -0.3 is 9.47 Å². The highest BCUT2D eigenvalue weighted by Crippen LogP contribution is 2.37. The molecule has 22 heavy (non-hydrogen) atoms. The Morgan fingerprint density at radius 1 is 1.27 bits per heavy atom. The second kappa shape index (κ2) is 10.2. The number of carbonyl (C=O) groups excluding carboxylic acids is 1. The number of halogens is 4. The number of aldehydes is 1. The Morgan fingerprint density at radius 3 is 2.41 bits per heavy atom. The first-order valence-corrected chi connectivity index (χ1v) is 8.24. The molecular formula is C15H16Cl4O3. The van der Waals surface area contributed by atoms with Crippen LogP contribution in [-0.2, 0) is 4.79 Å². The van der Waals surface area contributed by atoms with E-state index in [2.05, 4.69) is 0 Å². The average molecular weight is 386 g/mol. The standard InChI is InChI=1S/C15H16Cl4O3/c1-2-3-4-10(9-20)22-15-12(16)7-11(8-13(15)17)21-6-5-14(18)19/h5,7-10H,2-4,6H2,1H3. The van der Waals surface area contributed by atoms with Crippen molar-refractivity contribution < 1.29 is 14.3 Å². The van der Waals surface area contributed by atoms with E-state index < -0.39 is 6.10 Å². The number of ether oxygens (including phenoxy) is 2. The second-order valence-corrected chi connectivity index (χ2v) is 6.28. The maximum absolute atomic E-state index is 11.0.